The molecule has 0 saturated carbocycles. The number of benzene rings is 1. The predicted octanol–water partition coefficient (Wildman–Crippen LogP) is 2.29. The summed E-state index contributed by atoms with van der Waals surface area (Å²) in [4.78, 5) is 10.7. The minimum atomic E-state index is 0.116. The average molecular weight is 203 g/mol. The lowest BCUT2D eigenvalue weighted by molar-refractivity contribution is 0.112. The molecular formula is C10H5NO2S. The van der Waals surface area contributed by atoms with Crippen LogP contribution in [0.25, 0.3) is 10.1 Å². The molecule has 3 nitrogen and oxygen atoms in total. The predicted molar refractivity (Wildman–Crippen MR) is 53.6 cm³/mol. The number of carbonyl (C=O) groups is 1. The Morgan fingerprint density at radius 3 is 2.93 bits per heavy atom. The number of carbonyl (C=O) groups excluding carboxylic acids is 1. The van der Waals surface area contributed by atoms with Crippen molar-refractivity contribution in [1.29, 1.82) is 5.26 Å². The van der Waals surface area contributed by atoms with Crippen molar-refractivity contribution in [3.8, 4) is 11.1 Å². The van der Waals surface area contributed by atoms with E-state index in [-0.39, 0.29) is 5.06 Å². The summed E-state index contributed by atoms with van der Waals surface area (Å²) in [6.45, 7) is 0. The average Bonchev–Trinajstić information content (AvgIpc) is 2.57. The second-order valence-electron chi connectivity index (χ2n) is 2.76. The maximum atomic E-state index is 10.7. The van der Waals surface area contributed by atoms with Crippen LogP contribution in [0.4, 0.5) is 0 Å². The van der Waals surface area contributed by atoms with Gasteiger partial charge < -0.3 is 5.11 Å². The fraction of sp³-hybridized carbons (Fsp3) is 0. The van der Waals surface area contributed by atoms with Gasteiger partial charge in [-0.15, -0.1) is 0 Å². The molecule has 0 spiro atoms. The van der Waals surface area contributed by atoms with Crippen LogP contribution in [0.5, 0.6) is 5.06 Å². The van der Waals surface area contributed by atoms with Gasteiger partial charge in [-0.25, -0.2) is 0 Å². The summed E-state index contributed by atoms with van der Waals surface area (Å²) in [5.74, 6) is 0. The van der Waals surface area contributed by atoms with Crippen LogP contribution in [-0.4, -0.2) is 11.4 Å². The largest absolute Gasteiger partial charge is 0.499 e. The van der Waals surface area contributed by atoms with E-state index in [1.54, 1.807) is 12.1 Å². The van der Waals surface area contributed by atoms with Gasteiger partial charge in [0.2, 0.25) is 0 Å². The van der Waals surface area contributed by atoms with Gasteiger partial charge in [-0.2, -0.15) is 5.26 Å². The van der Waals surface area contributed by atoms with E-state index < -0.39 is 0 Å². The first-order chi connectivity index (χ1) is 6.76. The smallest absolute Gasteiger partial charge is 0.172 e. The summed E-state index contributed by atoms with van der Waals surface area (Å²) in [6, 6.07) is 6.69. The molecule has 0 saturated heterocycles. The summed E-state index contributed by atoms with van der Waals surface area (Å²) >= 11 is 1.11. The number of hydrogen-bond donors (Lipinski definition) is 1. The SMILES string of the molecule is N#Cc1ccc(C=O)c2sc(O)cc12. The number of nitriles is 1. The highest BCUT2D eigenvalue weighted by Crippen LogP contribution is 2.34. The maximum Gasteiger partial charge on any atom is 0.172 e. The van der Waals surface area contributed by atoms with E-state index in [0.29, 0.717) is 21.2 Å². The molecule has 0 amide bonds. The summed E-state index contributed by atoms with van der Waals surface area (Å²) in [5.41, 5.74) is 0.978. The standard InChI is InChI=1S/C10H5NO2S/c11-4-6-1-2-7(5-12)10-8(6)3-9(13)14-10/h1-3,5,13H. The van der Waals surface area contributed by atoms with E-state index in [0.717, 1.165) is 17.6 Å². The minimum Gasteiger partial charge on any atom is -0.499 e. The van der Waals surface area contributed by atoms with Gasteiger partial charge in [-0.3, -0.25) is 4.79 Å². The van der Waals surface area contributed by atoms with E-state index in [4.69, 9.17) is 5.26 Å². The molecule has 0 radical (unpaired) electrons. The van der Waals surface area contributed by atoms with Crippen LogP contribution in [0.3, 0.4) is 0 Å². The third kappa shape index (κ3) is 1.15. The van der Waals surface area contributed by atoms with E-state index in [1.807, 2.05) is 6.07 Å². The summed E-state index contributed by atoms with van der Waals surface area (Å²) in [7, 11) is 0. The first-order valence-corrected chi connectivity index (χ1v) is 4.68. The van der Waals surface area contributed by atoms with Crippen molar-refractivity contribution in [2.24, 2.45) is 0 Å². The summed E-state index contributed by atoms with van der Waals surface area (Å²) in [5, 5.41) is 18.8. The van der Waals surface area contributed by atoms with Crippen LogP contribution in [0.15, 0.2) is 18.2 Å². The second kappa shape index (κ2) is 3.13. The zero-order chi connectivity index (χ0) is 10.1. The van der Waals surface area contributed by atoms with Crippen LogP contribution in [0.1, 0.15) is 15.9 Å². The summed E-state index contributed by atoms with van der Waals surface area (Å²) in [6.07, 6.45) is 0.722. The number of fused-ring (bicyclic) bond motifs is 1. The lowest BCUT2D eigenvalue weighted by atomic mass is 10.1. The maximum absolute atomic E-state index is 10.7. The number of rotatable bonds is 1. The molecule has 1 heterocycles. The molecule has 0 atom stereocenters. The van der Waals surface area contributed by atoms with E-state index in [1.165, 1.54) is 6.07 Å². The van der Waals surface area contributed by atoms with Crippen molar-refractivity contribution < 1.29 is 9.90 Å². The Labute approximate surface area is 83.8 Å². The molecule has 1 aromatic carbocycles. The molecule has 0 aliphatic carbocycles. The quantitative estimate of drug-likeness (QED) is 0.723. The molecule has 0 bridgehead atoms. The van der Waals surface area contributed by atoms with Crippen molar-refractivity contribution in [3.63, 3.8) is 0 Å². The Balaban J connectivity index is 2.92. The van der Waals surface area contributed by atoms with Crippen molar-refractivity contribution in [2.45, 2.75) is 0 Å². The number of aldehydes is 1. The lowest BCUT2D eigenvalue weighted by Crippen LogP contribution is -1.82. The van der Waals surface area contributed by atoms with Gasteiger partial charge in [-0.05, 0) is 12.1 Å². The number of hydrogen-bond acceptors (Lipinski definition) is 4. The van der Waals surface area contributed by atoms with Crippen LogP contribution >= 0.6 is 11.3 Å². The molecule has 4 heteroatoms. The van der Waals surface area contributed by atoms with Gasteiger partial charge in [0.15, 0.2) is 11.3 Å². The third-order valence-corrected chi connectivity index (χ3v) is 2.94. The topological polar surface area (TPSA) is 61.1 Å². The molecule has 0 unspecified atom stereocenters. The molecule has 1 aromatic heterocycles. The molecule has 2 rings (SSSR count). The summed E-state index contributed by atoms with van der Waals surface area (Å²) < 4.78 is 0.663. The molecule has 68 valence electrons. The molecule has 14 heavy (non-hydrogen) atoms. The molecule has 0 aliphatic rings. The van der Waals surface area contributed by atoms with Crippen LogP contribution in [0.2, 0.25) is 0 Å². The van der Waals surface area contributed by atoms with E-state index in [2.05, 4.69) is 0 Å². The second-order valence-corrected chi connectivity index (χ2v) is 3.79. The Bertz CT molecular complexity index is 551. The normalized spacial score (nSPS) is 9.93. The van der Waals surface area contributed by atoms with Gasteiger partial charge >= 0.3 is 0 Å². The van der Waals surface area contributed by atoms with Gasteiger partial charge in [0.25, 0.3) is 0 Å². The van der Waals surface area contributed by atoms with Gasteiger partial charge in [0.05, 0.1) is 11.6 Å². The molecular weight excluding hydrogens is 198 g/mol. The highest BCUT2D eigenvalue weighted by molar-refractivity contribution is 7.21. The Hall–Kier alpha value is -1.86. The number of thiophene rings is 1. The number of nitrogens with zero attached hydrogens (tertiary/aromatic N) is 1. The van der Waals surface area contributed by atoms with Gasteiger partial charge in [0, 0.05) is 21.7 Å². The zero-order valence-corrected chi connectivity index (χ0v) is 7.84. The number of aromatic hydroxyl groups is 1. The fourth-order valence-corrected chi connectivity index (χ4v) is 2.22. The van der Waals surface area contributed by atoms with Crippen molar-refractivity contribution in [3.05, 3.63) is 29.3 Å². The molecule has 0 fully saturated rings. The Morgan fingerprint density at radius 1 is 1.50 bits per heavy atom. The van der Waals surface area contributed by atoms with Crippen LogP contribution in [0, 0.1) is 11.3 Å². The highest BCUT2D eigenvalue weighted by Gasteiger charge is 2.09. The Kier molecular flexibility index (Phi) is 1.95. The Morgan fingerprint density at radius 2 is 2.29 bits per heavy atom. The van der Waals surface area contributed by atoms with Crippen LogP contribution in [-0.2, 0) is 0 Å². The molecule has 1 N–H and O–H groups in total. The van der Waals surface area contributed by atoms with Crippen molar-refractivity contribution in [2.75, 3.05) is 0 Å². The molecule has 0 aliphatic heterocycles. The first-order valence-electron chi connectivity index (χ1n) is 3.87. The lowest BCUT2D eigenvalue weighted by Gasteiger charge is -1.94. The fourth-order valence-electron chi connectivity index (χ4n) is 1.32. The van der Waals surface area contributed by atoms with E-state index in [9.17, 15) is 9.90 Å². The monoisotopic (exact) mass is 203 g/mol. The van der Waals surface area contributed by atoms with E-state index >= 15 is 0 Å². The van der Waals surface area contributed by atoms with Crippen molar-refractivity contribution >= 4 is 27.7 Å². The highest BCUT2D eigenvalue weighted by atomic mass is 32.1. The first kappa shape index (κ1) is 8.73. The third-order valence-electron chi connectivity index (χ3n) is 1.95. The zero-order valence-electron chi connectivity index (χ0n) is 7.02. The van der Waals surface area contributed by atoms with Crippen molar-refractivity contribution in [1.82, 2.24) is 0 Å². The van der Waals surface area contributed by atoms with Gasteiger partial charge in [-0.1, -0.05) is 11.3 Å². The molecule has 2 aromatic rings. The van der Waals surface area contributed by atoms with Crippen LogP contribution < -0.4 is 0 Å². The van der Waals surface area contributed by atoms with Gasteiger partial charge in [0.1, 0.15) is 0 Å². The minimum absolute atomic E-state index is 0.116.